The van der Waals surface area contributed by atoms with Crippen molar-refractivity contribution in [1.29, 1.82) is 0 Å². The summed E-state index contributed by atoms with van der Waals surface area (Å²) in [5.41, 5.74) is -1.79. The van der Waals surface area contributed by atoms with Crippen molar-refractivity contribution in [3.8, 4) is 0 Å². The van der Waals surface area contributed by atoms with Crippen LogP contribution in [0.3, 0.4) is 0 Å². The lowest BCUT2D eigenvalue weighted by atomic mass is 9.77. The molecule has 0 saturated carbocycles. The van der Waals surface area contributed by atoms with Crippen molar-refractivity contribution in [3.63, 3.8) is 0 Å². The Balaban J connectivity index is 1.79. The molecule has 8 nitrogen and oxygen atoms in total. The number of cyclic esters (lactones) is 1. The molecule has 0 aromatic heterocycles. The van der Waals surface area contributed by atoms with Gasteiger partial charge in [0.1, 0.15) is 17.6 Å². The largest absolute Gasteiger partial charge is 0.465 e. The van der Waals surface area contributed by atoms with E-state index < -0.39 is 41.1 Å². The molecule has 0 radical (unpaired) electrons. The molecule has 2 saturated heterocycles. The van der Waals surface area contributed by atoms with Gasteiger partial charge in [0.15, 0.2) is 0 Å². The molecule has 8 heteroatoms. The number of aliphatic hydroxyl groups is 1. The Bertz CT molecular complexity index is 919. The standard InChI is InChI=1S/C27H40N2O6/c1-25(2,3)17-26(4,5)29-13-10-12-27-20(22(31)28(14-15-30)21(27)23(29)32)19-18(35-27)11-8-6-7-9-16-34-24(19)33/h8,10-12,18-21,30H,6-7,9,13-17H2,1-5H3/b11-8-/t18-,19+,20+,21?,27+/m1/s1. The zero-order chi connectivity index (χ0) is 25.6. The molecule has 0 aromatic carbocycles. The minimum atomic E-state index is -1.29. The van der Waals surface area contributed by atoms with Gasteiger partial charge in [-0.25, -0.2) is 0 Å². The van der Waals surface area contributed by atoms with Gasteiger partial charge in [-0.1, -0.05) is 45.1 Å². The highest BCUT2D eigenvalue weighted by atomic mass is 16.6. The molecule has 4 aliphatic heterocycles. The van der Waals surface area contributed by atoms with E-state index in [4.69, 9.17) is 9.47 Å². The average Bonchev–Trinajstić information content (AvgIpc) is 3.12. The van der Waals surface area contributed by atoms with Crippen LogP contribution in [0.1, 0.15) is 60.3 Å². The summed E-state index contributed by atoms with van der Waals surface area (Å²) >= 11 is 0. The van der Waals surface area contributed by atoms with Crippen LogP contribution in [0.4, 0.5) is 0 Å². The number of ether oxygens (including phenoxy) is 2. The van der Waals surface area contributed by atoms with Crippen LogP contribution in [0.15, 0.2) is 24.3 Å². The first-order valence-corrected chi connectivity index (χ1v) is 12.8. The van der Waals surface area contributed by atoms with Crippen molar-refractivity contribution in [2.24, 2.45) is 17.3 Å². The highest BCUT2D eigenvalue weighted by molar-refractivity contribution is 5.99. The molecule has 0 aliphatic carbocycles. The predicted molar refractivity (Wildman–Crippen MR) is 130 cm³/mol. The zero-order valence-electron chi connectivity index (χ0n) is 21.7. The van der Waals surface area contributed by atoms with Crippen molar-refractivity contribution in [2.75, 3.05) is 26.3 Å². The third kappa shape index (κ3) is 4.55. The van der Waals surface area contributed by atoms with E-state index in [-0.39, 0.29) is 30.4 Å². The number of nitrogens with zero attached hydrogens (tertiary/aromatic N) is 2. The zero-order valence-corrected chi connectivity index (χ0v) is 21.7. The van der Waals surface area contributed by atoms with E-state index in [2.05, 4.69) is 20.8 Å². The smallest absolute Gasteiger partial charge is 0.312 e. The topological polar surface area (TPSA) is 96.4 Å². The molecule has 5 atom stereocenters. The molecule has 0 bridgehead atoms. The lowest BCUT2D eigenvalue weighted by Crippen LogP contribution is -2.60. The van der Waals surface area contributed by atoms with Gasteiger partial charge in [0.2, 0.25) is 11.8 Å². The predicted octanol–water partition coefficient (Wildman–Crippen LogP) is 2.46. The van der Waals surface area contributed by atoms with Crippen LogP contribution in [-0.4, -0.2) is 82.3 Å². The molecule has 0 aromatic rings. The maximum atomic E-state index is 14.3. The van der Waals surface area contributed by atoms with E-state index in [9.17, 15) is 19.5 Å². The van der Waals surface area contributed by atoms with Gasteiger partial charge in [-0.05, 0) is 44.9 Å². The van der Waals surface area contributed by atoms with Gasteiger partial charge in [-0.2, -0.15) is 0 Å². The van der Waals surface area contributed by atoms with Crippen LogP contribution in [0.2, 0.25) is 0 Å². The maximum Gasteiger partial charge on any atom is 0.312 e. The summed E-state index contributed by atoms with van der Waals surface area (Å²) in [5.74, 6) is -2.74. The highest BCUT2D eigenvalue weighted by Crippen LogP contribution is 2.53. The Labute approximate surface area is 208 Å². The Kier molecular flexibility index (Phi) is 6.92. The summed E-state index contributed by atoms with van der Waals surface area (Å²) < 4.78 is 12.1. The van der Waals surface area contributed by atoms with E-state index in [0.717, 1.165) is 25.7 Å². The Morgan fingerprint density at radius 3 is 2.51 bits per heavy atom. The van der Waals surface area contributed by atoms with Gasteiger partial charge in [0.25, 0.3) is 0 Å². The van der Waals surface area contributed by atoms with Gasteiger partial charge in [0.05, 0.1) is 25.2 Å². The highest BCUT2D eigenvalue weighted by Gasteiger charge is 2.72. The second kappa shape index (κ2) is 9.36. The number of hydrogen-bond acceptors (Lipinski definition) is 6. The fraction of sp³-hybridized carbons (Fsp3) is 0.741. The van der Waals surface area contributed by atoms with Crippen molar-refractivity contribution >= 4 is 17.8 Å². The Morgan fingerprint density at radius 2 is 1.83 bits per heavy atom. The number of carbonyl (C=O) groups is 3. The molecule has 35 heavy (non-hydrogen) atoms. The van der Waals surface area contributed by atoms with Crippen LogP contribution in [-0.2, 0) is 23.9 Å². The molecule has 1 N–H and O–H groups in total. The molecule has 4 aliphatic rings. The molecule has 2 amide bonds. The third-order valence-corrected chi connectivity index (χ3v) is 7.64. The van der Waals surface area contributed by atoms with Crippen LogP contribution in [0, 0.1) is 17.3 Å². The van der Waals surface area contributed by atoms with Crippen molar-refractivity contribution in [3.05, 3.63) is 24.3 Å². The van der Waals surface area contributed by atoms with E-state index in [0.29, 0.717) is 13.2 Å². The normalized spacial score (nSPS) is 34.7. The maximum absolute atomic E-state index is 14.3. The molecule has 2 fully saturated rings. The Hall–Kier alpha value is -2.19. The van der Waals surface area contributed by atoms with Gasteiger partial charge in [0, 0.05) is 18.6 Å². The second-order valence-corrected chi connectivity index (χ2v) is 12.1. The summed E-state index contributed by atoms with van der Waals surface area (Å²) in [6.45, 7) is 10.9. The number of esters is 1. The number of aliphatic hydroxyl groups excluding tert-OH is 1. The van der Waals surface area contributed by atoms with Crippen LogP contribution in [0.25, 0.3) is 0 Å². The first kappa shape index (κ1) is 25.9. The molecular weight excluding hydrogens is 448 g/mol. The molecule has 4 heterocycles. The quantitative estimate of drug-likeness (QED) is 0.482. The molecule has 1 spiro atoms. The molecule has 4 rings (SSSR count). The van der Waals surface area contributed by atoms with Gasteiger partial charge in [-0.15, -0.1) is 0 Å². The summed E-state index contributed by atoms with van der Waals surface area (Å²) in [5, 5.41) is 9.79. The average molecular weight is 489 g/mol. The lowest BCUT2D eigenvalue weighted by molar-refractivity contribution is -0.156. The van der Waals surface area contributed by atoms with E-state index in [1.807, 2.05) is 43.1 Å². The van der Waals surface area contributed by atoms with Gasteiger partial charge < -0.3 is 24.4 Å². The second-order valence-electron chi connectivity index (χ2n) is 12.1. The minimum Gasteiger partial charge on any atom is -0.465 e. The molecule has 1 unspecified atom stereocenters. The lowest BCUT2D eigenvalue weighted by Gasteiger charge is -2.44. The van der Waals surface area contributed by atoms with Crippen LogP contribution >= 0.6 is 0 Å². The SMILES string of the molecule is CC(C)(C)CC(C)(C)N1CC=C[C@]23O[C@@H]4/C=C\CCCCOC(=O)[C@@H]4[C@H]2C(=O)N(CCO)C3C1=O. The number of likely N-dealkylation sites (tertiary alicyclic amines) is 1. The first-order valence-electron chi connectivity index (χ1n) is 12.8. The van der Waals surface area contributed by atoms with Crippen LogP contribution < -0.4 is 0 Å². The minimum absolute atomic E-state index is 0.000499. The monoisotopic (exact) mass is 488 g/mol. The van der Waals surface area contributed by atoms with Crippen molar-refractivity contribution in [2.45, 2.75) is 83.6 Å². The number of carbonyl (C=O) groups excluding carboxylic acids is 3. The van der Waals surface area contributed by atoms with Crippen molar-refractivity contribution < 1.29 is 29.0 Å². The first-order chi connectivity index (χ1) is 16.4. The summed E-state index contributed by atoms with van der Waals surface area (Å²) in [4.78, 5) is 44.5. The van der Waals surface area contributed by atoms with Crippen molar-refractivity contribution in [1.82, 2.24) is 9.80 Å². The third-order valence-electron chi connectivity index (χ3n) is 7.64. The number of allylic oxidation sites excluding steroid dienone is 1. The van der Waals surface area contributed by atoms with E-state index in [1.165, 1.54) is 4.90 Å². The number of rotatable bonds is 4. The summed E-state index contributed by atoms with van der Waals surface area (Å²) in [6.07, 6.45) is 10.2. The summed E-state index contributed by atoms with van der Waals surface area (Å²) in [7, 11) is 0. The fourth-order valence-corrected chi connectivity index (χ4v) is 6.70. The summed E-state index contributed by atoms with van der Waals surface area (Å²) in [6, 6.07) is -0.955. The number of β-amino-alcohol motifs (C(OH)–C–C–N with tert-alkyl or cyclic N) is 1. The van der Waals surface area contributed by atoms with Crippen LogP contribution in [0.5, 0.6) is 0 Å². The Morgan fingerprint density at radius 1 is 1.09 bits per heavy atom. The number of fused-ring (bicyclic) bond motifs is 2. The van der Waals surface area contributed by atoms with E-state index in [1.54, 1.807) is 0 Å². The van der Waals surface area contributed by atoms with E-state index >= 15 is 0 Å². The number of amides is 2. The fourth-order valence-electron chi connectivity index (χ4n) is 6.70. The number of hydrogen-bond donors (Lipinski definition) is 1. The van der Waals surface area contributed by atoms with Gasteiger partial charge >= 0.3 is 5.97 Å². The van der Waals surface area contributed by atoms with Gasteiger partial charge in [-0.3, -0.25) is 14.4 Å². The molecular formula is C27H40N2O6. The molecule has 194 valence electrons.